The second-order valence-corrected chi connectivity index (χ2v) is 7.97. The lowest BCUT2D eigenvalue weighted by atomic mass is 10.2. The lowest BCUT2D eigenvalue weighted by Gasteiger charge is -2.14. The molecule has 1 aromatic carbocycles. The molecular weight excluding hydrogens is 423 g/mol. The van der Waals surface area contributed by atoms with Crippen molar-refractivity contribution >= 4 is 22.5 Å². The van der Waals surface area contributed by atoms with Gasteiger partial charge in [0.05, 0.1) is 23.5 Å². The van der Waals surface area contributed by atoms with Gasteiger partial charge in [-0.1, -0.05) is 6.92 Å². The van der Waals surface area contributed by atoms with Crippen molar-refractivity contribution in [1.82, 2.24) is 14.1 Å². The van der Waals surface area contributed by atoms with Gasteiger partial charge in [-0.3, -0.25) is 19.1 Å². The van der Waals surface area contributed by atoms with Crippen molar-refractivity contribution < 1.29 is 13.9 Å². The molecular formula is C25H25FN4O3. The second-order valence-electron chi connectivity index (χ2n) is 7.97. The number of amides is 1. The summed E-state index contributed by atoms with van der Waals surface area (Å²) in [7, 11) is 1.73. The highest BCUT2D eigenvalue weighted by Crippen LogP contribution is 2.33. The van der Waals surface area contributed by atoms with Crippen molar-refractivity contribution in [2.45, 2.75) is 33.3 Å². The van der Waals surface area contributed by atoms with E-state index in [1.54, 1.807) is 48.3 Å². The van der Waals surface area contributed by atoms with Crippen LogP contribution in [0.3, 0.4) is 0 Å². The summed E-state index contributed by atoms with van der Waals surface area (Å²) in [4.78, 5) is 31.1. The number of halogens is 1. The highest BCUT2D eigenvalue weighted by molar-refractivity contribution is 6.10. The van der Waals surface area contributed by atoms with Crippen molar-refractivity contribution in [1.29, 1.82) is 0 Å². The molecule has 0 saturated carbocycles. The molecule has 7 nitrogen and oxygen atoms in total. The summed E-state index contributed by atoms with van der Waals surface area (Å²) in [6.07, 6.45) is 3.44. The smallest absolute Gasteiger partial charge is 0.276 e. The highest BCUT2D eigenvalue weighted by atomic mass is 19.1. The van der Waals surface area contributed by atoms with Gasteiger partial charge in [-0.05, 0) is 62.7 Å². The Labute approximate surface area is 190 Å². The summed E-state index contributed by atoms with van der Waals surface area (Å²) >= 11 is 0. The summed E-state index contributed by atoms with van der Waals surface area (Å²) in [5.74, 6) is -0.584. The molecule has 0 saturated heterocycles. The van der Waals surface area contributed by atoms with Crippen molar-refractivity contribution in [3.05, 3.63) is 82.4 Å². The van der Waals surface area contributed by atoms with Crippen LogP contribution >= 0.6 is 0 Å². The number of hydrogen-bond donors (Lipinski definition) is 1. The van der Waals surface area contributed by atoms with E-state index >= 15 is 0 Å². The van der Waals surface area contributed by atoms with Crippen LogP contribution in [0.2, 0.25) is 0 Å². The highest BCUT2D eigenvalue weighted by Gasteiger charge is 2.27. The third-order valence-corrected chi connectivity index (χ3v) is 5.34. The monoisotopic (exact) mass is 448 g/mol. The first-order valence-corrected chi connectivity index (χ1v) is 10.7. The lowest BCUT2D eigenvalue weighted by molar-refractivity contribution is 0.101. The van der Waals surface area contributed by atoms with Crippen molar-refractivity contribution in [2.24, 2.45) is 7.05 Å². The minimum absolute atomic E-state index is 0.215. The maximum absolute atomic E-state index is 13.8. The zero-order valence-electron chi connectivity index (χ0n) is 18.9. The number of rotatable bonds is 6. The van der Waals surface area contributed by atoms with Crippen LogP contribution in [0.25, 0.3) is 16.6 Å². The fraction of sp³-hybridized carbons (Fsp3) is 0.240. The molecule has 0 radical (unpaired) electrons. The summed E-state index contributed by atoms with van der Waals surface area (Å²) in [6, 6.07) is 11.1. The number of benzene rings is 1. The Morgan fingerprint density at radius 2 is 1.94 bits per heavy atom. The third-order valence-electron chi connectivity index (χ3n) is 5.34. The predicted octanol–water partition coefficient (Wildman–Crippen LogP) is 4.47. The van der Waals surface area contributed by atoms with Crippen LogP contribution in [-0.4, -0.2) is 26.1 Å². The molecule has 4 aromatic rings. The quantitative estimate of drug-likeness (QED) is 0.472. The Morgan fingerprint density at radius 3 is 2.55 bits per heavy atom. The first-order valence-electron chi connectivity index (χ1n) is 10.7. The average molecular weight is 448 g/mol. The van der Waals surface area contributed by atoms with E-state index in [4.69, 9.17) is 4.74 Å². The number of carbonyl (C=O) groups excluding carboxylic acids is 1. The Hall–Kier alpha value is -3.94. The number of pyridine rings is 2. The number of aromatic nitrogens is 3. The van der Waals surface area contributed by atoms with E-state index in [1.165, 1.54) is 16.7 Å². The Balaban J connectivity index is 1.98. The van der Waals surface area contributed by atoms with Gasteiger partial charge in [0, 0.05) is 24.6 Å². The predicted molar refractivity (Wildman–Crippen MR) is 126 cm³/mol. The van der Waals surface area contributed by atoms with Gasteiger partial charge in [-0.15, -0.1) is 0 Å². The Morgan fingerprint density at radius 1 is 1.21 bits per heavy atom. The number of hydrogen-bond acceptors (Lipinski definition) is 4. The van der Waals surface area contributed by atoms with Crippen LogP contribution in [0.15, 0.2) is 59.7 Å². The van der Waals surface area contributed by atoms with E-state index in [0.717, 1.165) is 5.69 Å². The maximum Gasteiger partial charge on any atom is 0.276 e. The van der Waals surface area contributed by atoms with Crippen LogP contribution in [0.5, 0.6) is 5.75 Å². The molecule has 0 bridgehead atoms. The van der Waals surface area contributed by atoms with Crippen LogP contribution < -0.4 is 15.6 Å². The molecule has 0 unspecified atom stereocenters. The second kappa shape index (κ2) is 8.90. The first kappa shape index (κ1) is 22.3. The van der Waals surface area contributed by atoms with Crippen LogP contribution in [-0.2, 0) is 13.5 Å². The molecule has 0 aliphatic rings. The van der Waals surface area contributed by atoms with E-state index in [-0.39, 0.29) is 28.9 Å². The third kappa shape index (κ3) is 4.11. The van der Waals surface area contributed by atoms with E-state index in [0.29, 0.717) is 28.7 Å². The van der Waals surface area contributed by atoms with Crippen LogP contribution in [0.4, 0.5) is 10.1 Å². The number of nitrogens with one attached hydrogen (secondary N) is 1. The standard InChI is InChI=1S/C25H25FN4O3/c1-5-18-13-20-21(25(32)30(18)19-10-8-16(26)9-11-19)23(33-15(2)3)22(29(20)4)24(31)28-17-7-6-12-27-14-17/h6-15H,5H2,1-4H3,(H,28,31). The van der Waals surface area contributed by atoms with Gasteiger partial charge in [0.1, 0.15) is 11.2 Å². The summed E-state index contributed by atoms with van der Waals surface area (Å²) < 4.78 is 22.8. The van der Waals surface area contributed by atoms with Crippen molar-refractivity contribution in [3.63, 3.8) is 0 Å². The van der Waals surface area contributed by atoms with Crippen molar-refractivity contribution in [2.75, 3.05) is 5.32 Å². The maximum atomic E-state index is 13.8. The molecule has 0 aliphatic heterocycles. The topological polar surface area (TPSA) is 78.2 Å². The molecule has 8 heteroatoms. The van der Waals surface area contributed by atoms with Crippen LogP contribution in [0, 0.1) is 5.82 Å². The van der Waals surface area contributed by atoms with Gasteiger partial charge < -0.3 is 14.6 Å². The Bertz CT molecular complexity index is 1370. The van der Waals surface area contributed by atoms with Gasteiger partial charge in [0.2, 0.25) is 0 Å². The lowest BCUT2D eigenvalue weighted by Crippen LogP contribution is -2.22. The van der Waals surface area contributed by atoms with E-state index in [1.807, 2.05) is 26.8 Å². The fourth-order valence-electron chi connectivity index (χ4n) is 3.88. The van der Waals surface area contributed by atoms with Gasteiger partial charge >= 0.3 is 0 Å². The number of aryl methyl sites for hydroxylation is 2. The molecule has 0 fully saturated rings. The normalized spacial score (nSPS) is 11.2. The van der Waals surface area contributed by atoms with Gasteiger partial charge in [0.25, 0.3) is 11.5 Å². The largest absolute Gasteiger partial charge is 0.488 e. The molecule has 4 rings (SSSR count). The molecule has 3 heterocycles. The van der Waals surface area contributed by atoms with Crippen LogP contribution in [0.1, 0.15) is 37.0 Å². The van der Waals surface area contributed by atoms with Crippen molar-refractivity contribution in [3.8, 4) is 11.4 Å². The SMILES string of the molecule is CCc1cc2c(c(OC(C)C)c(C(=O)Nc3cccnc3)n2C)c(=O)n1-c1ccc(F)cc1. The molecule has 0 aliphatic carbocycles. The molecule has 0 spiro atoms. The van der Waals surface area contributed by atoms with Gasteiger partial charge in [0.15, 0.2) is 11.4 Å². The minimum Gasteiger partial charge on any atom is -0.488 e. The van der Waals surface area contributed by atoms with E-state index in [2.05, 4.69) is 10.3 Å². The zero-order valence-corrected chi connectivity index (χ0v) is 18.9. The summed E-state index contributed by atoms with van der Waals surface area (Å²) in [5, 5.41) is 3.12. The average Bonchev–Trinajstić information content (AvgIpc) is 3.06. The summed E-state index contributed by atoms with van der Waals surface area (Å²) in [5.41, 5.74) is 2.29. The molecule has 3 aromatic heterocycles. The Kier molecular flexibility index (Phi) is 6.00. The van der Waals surface area contributed by atoms with Gasteiger partial charge in [-0.2, -0.15) is 0 Å². The molecule has 0 atom stereocenters. The summed E-state index contributed by atoms with van der Waals surface area (Å²) in [6.45, 7) is 5.60. The molecule has 33 heavy (non-hydrogen) atoms. The zero-order chi connectivity index (χ0) is 23.7. The first-order chi connectivity index (χ1) is 15.8. The number of fused-ring (bicyclic) bond motifs is 1. The van der Waals surface area contributed by atoms with E-state index in [9.17, 15) is 14.0 Å². The number of anilines is 1. The minimum atomic E-state index is -0.414. The number of ether oxygens (including phenoxy) is 1. The molecule has 1 amide bonds. The molecule has 170 valence electrons. The number of nitrogens with zero attached hydrogens (tertiary/aromatic N) is 3. The molecule has 1 N–H and O–H groups in total. The van der Waals surface area contributed by atoms with E-state index < -0.39 is 5.91 Å². The number of carbonyl (C=O) groups is 1. The van der Waals surface area contributed by atoms with Gasteiger partial charge in [-0.25, -0.2) is 4.39 Å². The fourth-order valence-corrected chi connectivity index (χ4v) is 3.88.